The predicted molar refractivity (Wildman–Crippen MR) is 75.3 cm³/mol. The third-order valence-electron chi connectivity index (χ3n) is 2.32. The van der Waals surface area contributed by atoms with Crippen molar-refractivity contribution in [3.05, 3.63) is 52.8 Å². The summed E-state index contributed by atoms with van der Waals surface area (Å²) in [7, 11) is 0. The Bertz CT molecular complexity index is 488. The largest absolute Gasteiger partial charge is 0.330 e. The number of pyridine rings is 1. The standard InChI is InChI=1S/C13H13BrN2S/c14-13-9-12(2-1-10(13)3-6-15)17-11-4-7-16-8-5-11/h1-2,4-5,7-9H,3,6,15H2. The number of nitrogens with zero attached hydrogens (tertiary/aromatic N) is 1. The first-order valence-electron chi connectivity index (χ1n) is 5.36. The summed E-state index contributed by atoms with van der Waals surface area (Å²) in [5, 5.41) is 0. The zero-order chi connectivity index (χ0) is 12.1. The molecule has 0 aliphatic carbocycles. The minimum absolute atomic E-state index is 0.676. The van der Waals surface area contributed by atoms with Crippen molar-refractivity contribution in [2.75, 3.05) is 6.54 Å². The van der Waals surface area contributed by atoms with E-state index >= 15 is 0 Å². The van der Waals surface area contributed by atoms with Gasteiger partial charge in [0.1, 0.15) is 0 Å². The highest BCUT2D eigenvalue weighted by Gasteiger charge is 2.02. The summed E-state index contributed by atoms with van der Waals surface area (Å²) in [4.78, 5) is 6.41. The van der Waals surface area contributed by atoms with E-state index in [0.29, 0.717) is 6.54 Å². The first-order chi connectivity index (χ1) is 8.29. The molecule has 0 unspecified atom stereocenters. The van der Waals surface area contributed by atoms with Crippen LogP contribution in [-0.2, 0) is 6.42 Å². The van der Waals surface area contributed by atoms with Crippen LogP contribution in [0.3, 0.4) is 0 Å². The Balaban J connectivity index is 2.15. The van der Waals surface area contributed by atoms with Crippen LogP contribution in [0, 0.1) is 0 Å². The minimum atomic E-state index is 0.676. The zero-order valence-electron chi connectivity index (χ0n) is 9.27. The van der Waals surface area contributed by atoms with Gasteiger partial charge in [0, 0.05) is 26.7 Å². The van der Waals surface area contributed by atoms with Crippen LogP contribution in [0.15, 0.2) is 57.0 Å². The number of nitrogens with two attached hydrogens (primary N) is 1. The van der Waals surface area contributed by atoms with Crippen molar-refractivity contribution in [3.8, 4) is 0 Å². The number of hydrogen-bond donors (Lipinski definition) is 1. The minimum Gasteiger partial charge on any atom is -0.330 e. The van der Waals surface area contributed by atoms with Crippen molar-refractivity contribution in [2.24, 2.45) is 5.73 Å². The van der Waals surface area contributed by atoms with Crippen molar-refractivity contribution in [1.29, 1.82) is 0 Å². The maximum Gasteiger partial charge on any atom is 0.0279 e. The highest BCUT2D eigenvalue weighted by molar-refractivity contribution is 9.10. The average molecular weight is 309 g/mol. The second kappa shape index (κ2) is 6.19. The van der Waals surface area contributed by atoms with Crippen molar-refractivity contribution in [1.82, 2.24) is 4.98 Å². The Morgan fingerprint density at radius 1 is 1.12 bits per heavy atom. The Morgan fingerprint density at radius 3 is 2.53 bits per heavy atom. The number of hydrogen-bond acceptors (Lipinski definition) is 3. The maximum atomic E-state index is 5.56. The van der Waals surface area contributed by atoms with E-state index in [4.69, 9.17) is 5.73 Å². The van der Waals surface area contributed by atoms with E-state index in [1.807, 2.05) is 12.1 Å². The fourth-order valence-electron chi connectivity index (χ4n) is 1.49. The van der Waals surface area contributed by atoms with Gasteiger partial charge < -0.3 is 5.73 Å². The van der Waals surface area contributed by atoms with E-state index in [2.05, 4.69) is 39.1 Å². The van der Waals surface area contributed by atoms with Gasteiger partial charge in [-0.1, -0.05) is 33.8 Å². The van der Waals surface area contributed by atoms with Gasteiger partial charge in [0.25, 0.3) is 0 Å². The predicted octanol–water partition coefficient (Wildman–Crippen LogP) is 3.50. The first-order valence-corrected chi connectivity index (χ1v) is 6.97. The second-order valence-electron chi connectivity index (χ2n) is 3.58. The molecular formula is C13H13BrN2S. The lowest BCUT2D eigenvalue weighted by molar-refractivity contribution is 0.960. The molecule has 4 heteroatoms. The molecule has 1 heterocycles. The average Bonchev–Trinajstić information content (AvgIpc) is 2.34. The van der Waals surface area contributed by atoms with Gasteiger partial charge in [-0.15, -0.1) is 0 Å². The monoisotopic (exact) mass is 308 g/mol. The summed E-state index contributed by atoms with van der Waals surface area (Å²) in [6, 6.07) is 10.4. The van der Waals surface area contributed by atoms with E-state index in [9.17, 15) is 0 Å². The summed E-state index contributed by atoms with van der Waals surface area (Å²) in [5.74, 6) is 0. The molecule has 0 saturated carbocycles. The van der Waals surface area contributed by atoms with E-state index in [0.717, 1.165) is 10.9 Å². The molecule has 2 aromatic rings. The fourth-order valence-corrected chi connectivity index (χ4v) is 3.06. The molecule has 1 aromatic heterocycles. The quantitative estimate of drug-likeness (QED) is 0.939. The third-order valence-corrected chi connectivity index (χ3v) is 4.06. The van der Waals surface area contributed by atoms with E-state index in [-0.39, 0.29) is 0 Å². The molecule has 88 valence electrons. The van der Waals surface area contributed by atoms with Gasteiger partial charge in [0.05, 0.1) is 0 Å². The smallest absolute Gasteiger partial charge is 0.0279 e. The molecule has 0 radical (unpaired) electrons. The lowest BCUT2D eigenvalue weighted by Gasteiger charge is -2.06. The molecular weight excluding hydrogens is 296 g/mol. The summed E-state index contributed by atoms with van der Waals surface area (Å²) in [6.45, 7) is 0.676. The van der Waals surface area contributed by atoms with Gasteiger partial charge in [-0.05, 0) is 42.8 Å². The van der Waals surface area contributed by atoms with Crippen LogP contribution in [0.1, 0.15) is 5.56 Å². The van der Waals surface area contributed by atoms with E-state index in [1.165, 1.54) is 15.4 Å². The highest BCUT2D eigenvalue weighted by Crippen LogP contribution is 2.30. The molecule has 0 spiro atoms. The molecule has 0 aliphatic rings. The van der Waals surface area contributed by atoms with Crippen LogP contribution in [0.2, 0.25) is 0 Å². The van der Waals surface area contributed by atoms with Crippen molar-refractivity contribution in [3.63, 3.8) is 0 Å². The normalized spacial score (nSPS) is 10.5. The Morgan fingerprint density at radius 2 is 1.88 bits per heavy atom. The summed E-state index contributed by atoms with van der Waals surface area (Å²) in [6.07, 6.45) is 4.52. The number of benzene rings is 1. The maximum absolute atomic E-state index is 5.56. The molecule has 17 heavy (non-hydrogen) atoms. The van der Waals surface area contributed by atoms with Gasteiger partial charge in [0.2, 0.25) is 0 Å². The van der Waals surface area contributed by atoms with E-state index < -0.39 is 0 Å². The molecule has 0 aliphatic heterocycles. The second-order valence-corrected chi connectivity index (χ2v) is 5.58. The van der Waals surface area contributed by atoms with Crippen LogP contribution >= 0.6 is 27.7 Å². The SMILES string of the molecule is NCCc1ccc(Sc2ccncc2)cc1Br. The van der Waals surface area contributed by atoms with Crippen LogP contribution in [-0.4, -0.2) is 11.5 Å². The summed E-state index contributed by atoms with van der Waals surface area (Å²) in [5.41, 5.74) is 6.81. The Hall–Kier alpha value is -0.840. The molecule has 2 rings (SSSR count). The van der Waals surface area contributed by atoms with Crippen molar-refractivity contribution >= 4 is 27.7 Å². The fraction of sp³-hybridized carbons (Fsp3) is 0.154. The molecule has 1 aromatic carbocycles. The van der Waals surface area contributed by atoms with E-state index in [1.54, 1.807) is 24.2 Å². The van der Waals surface area contributed by atoms with Gasteiger partial charge in [-0.25, -0.2) is 0 Å². The molecule has 0 saturated heterocycles. The number of halogens is 1. The first kappa shape index (κ1) is 12.6. The molecule has 0 bridgehead atoms. The molecule has 0 amide bonds. The van der Waals surface area contributed by atoms with Crippen LogP contribution in [0.4, 0.5) is 0 Å². The number of aromatic nitrogens is 1. The lowest BCUT2D eigenvalue weighted by atomic mass is 10.1. The molecule has 2 N–H and O–H groups in total. The van der Waals surface area contributed by atoms with Crippen molar-refractivity contribution < 1.29 is 0 Å². The van der Waals surface area contributed by atoms with Gasteiger partial charge in [-0.2, -0.15) is 0 Å². The summed E-state index contributed by atoms with van der Waals surface area (Å²) < 4.78 is 1.13. The molecule has 0 atom stereocenters. The van der Waals surface area contributed by atoms with Gasteiger partial charge in [0.15, 0.2) is 0 Å². The molecule has 2 nitrogen and oxygen atoms in total. The van der Waals surface area contributed by atoms with Crippen LogP contribution in [0.5, 0.6) is 0 Å². The van der Waals surface area contributed by atoms with Gasteiger partial charge >= 0.3 is 0 Å². The lowest BCUT2D eigenvalue weighted by Crippen LogP contribution is -2.03. The van der Waals surface area contributed by atoms with Crippen molar-refractivity contribution in [2.45, 2.75) is 16.2 Å². The highest BCUT2D eigenvalue weighted by atomic mass is 79.9. The summed E-state index contributed by atoms with van der Waals surface area (Å²) >= 11 is 5.31. The zero-order valence-corrected chi connectivity index (χ0v) is 11.7. The Kier molecular flexibility index (Phi) is 4.59. The topological polar surface area (TPSA) is 38.9 Å². The molecule has 0 fully saturated rings. The third kappa shape index (κ3) is 3.56. The van der Waals surface area contributed by atoms with Gasteiger partial charge in [-0.3, -0.25) is 4.98 Å². The van der Waals surface area contributed by atoms with Crippen LogP contribution < -0.4 is 5.73 Å². The number of rotatable bonds is 4. The Labute approximate surface area is 114 Å². The van der Waals surface area contributed by atoms with Crippen LogP contribution in [0.25, 0.3) is 0 Å².